The highest BCUT2D eigenvalue weighted by molar-refractivity contribution is 8.15. The molecule has 0 spiro atoms. The van der Waals surface area contributed by atoms with Crippen molar-refractivity contribution in [3.8, 4) is 0 Å². The van der Waals surface area contributed by atoms with E-state index < -0.39 is 0 Å². The molecule has 0 saturated carbocycles. The summed E-state index contributed by atoms with van der Waals surface area (Å²) in [5, 5.41) is 0.956. The maximum Gasteiger partial charge on any atom is 0.239 e. The highest BCUT2D eigenvalue weighted by Gasteiger charge is 2.11. The van der Waals surface area contributed by atoms with Crippen LogP contribution >= 0.6 is 47.1 Å². The molecule has 0 aromatic heterocycles. The fourth-order valence-electron chi connectivity index (χ4n) is 2.11. The fourth-order valence-corrected chi connectivity index (χ4v) is 3.56. The van der Waals surface area contributed by atoms with Crippen LogP contribution in [-0.4, -0.2) is 10.2 Å². The van der Waals surface area contributed by atoms with Gasteiger partial charge in [0.15, 0.2) is 0 Å². The monoisotopic (exact) mass is 448 g/mol. The highest BCUT2D eigenvalue weighted by atomic mass is 35.5. The summed E-state index contributed by atoms with van der Waals surface area (Å²) >= 11 is 13.6. The smallest absolute Gasteiger partial charge is 0.239 e. The van der Waals surface area contributed by atoms with Crippen LogP contribution in [0.1, 0.15) is 20.7 Å². The normalized spacial score (nSPS) is 10.4. The molecular formula is C20H14Cl2N2O2S2. The van der Waals surface area contributed by atoms with Gasteiger partial charge in [0.1, 0.15) is 0 Å². The van der Waals surface area contributed by atoms with Gasteiger partial charge in [-0.2, -0.15) is 0 Å². The van der Waals surface area contributed by atoms with E-state index >= 15 is 0 Å². The van der Waals surface area contributed by atoms with Gasteiger partial charge in [-0.05, 0) is 72.8 Å². The summed E-state index contributed by atoms with van der Waals surface area (Å²) in [6.07, 6.45) is 0. The second-order valence-electron chi connectivity index (χ2n) is 5.57. The number of rotatable bonds is 6. The lowest BCUT2D eigenvalue weighted by atomic mass is 10.2. The van der Waals surface area contributed by atoms with Gasteiger partial charge in [0.2, 0.25) is 10.2 Å². The number of halogens is 2. The van der Waals surface area contributed by atoms with Gasteiger partial charge < -0.3 is 9.44 Å². The van der Waals surface area contributed by atoms with E-state index in [9.17, 15) is 9.59 Å². The van der Waals surface area contributed by atoms with Crippen LogP contribution in [-0.2, 0) is 0 Å². The van der Waals surface area contributed by atoms with Gasteiger partial charge in [-0.25, -0.2) is 0 Å². The molecule has 0 bridgehead atoms. The maximum absolute atomic E-state index is 12.3. The second-order valence-corrected chi connectivity index (χ2v) is 8.01. The molecule has 0 fully saturated rings. The van der Waals surface area contributed by atoms with Crippen molar-refractivity contribution in [3.05, 3.63) is 94.0 Å². The zero-order valence-corrected chi connectivity index (χ0v) is 17.5. The van der Waals surface area contributed by atoms with E-state index in [-0.39, 0.29) is 10.2 Å². The Balaban J connectivity index is 1.53. The quantitative estimate of drug-likeness (QED) is 0.404. The molecule has 8 heteroatoms. The van der Waals surface area contributed by atoms with Crippen LogP contribution in [0.15, 0.2) is 72.8 Å². The van der Waals surface area contributed by atoms with E-state index in [1.807, 2.05) is 0 Å². The molecule has 0 heterocycles. The van der Waals surface area contributed by atoms with Crippen molar-refractivity contribution in [3.63, 3.8) is 0 Å². The van der Waals surface area contributed by atoms with Crippen LogP contribution in [0.3, 0.4) is 0 Å². The van der Waals surface area contributed by atoms with Gasteiger partial charge >= 0.3 is 0 Å². The Morgan fingerprint density at radius 2 is 0.893 bits per heavy atom. The van der Waals surface area contributed by atoms with Crippen LogP contribution < -0.4 is 9.44 Å². The summed E-state index contributed by atoms with van der Waals surface area (Å²) in [6.45, 7) is 0. The SMILES string of the molecule is O=C(SNc1ccc(Cl)cc1)c1ccc(C(=O)SNc2ccc(Cl)cc2)cc1. The molecule has 0 aliphatic heterocycles. The summed E-state index contributed by atoms with van der Waals surface area (Å²) < 4.78 is 5.94. The standard InChI is InChI=1S/C20H14Cl2N2O2S2/c21-15-5-9-17(10-6-15)23-27-19(25)13-1-2-14(4-3-13)20(26)28-24-18-11-7-16(22)8-12-18/h1-12,23-24H. The van der Waals surface area contributed by atoms with Crippen molar-refractivity contribution in [2.24, 2.45) is 0 Å². The minimum absolute atomic E-state index is 0.152. The van der Waals surface area contributed by atoms with Gasteiger partial charge in [-0.1, -0.05) is 23.2 Å². The van der Waals surface area contributed by atoms with Crippen LogP contribution in [0.5, 0.6) is 0 Å². The average Bonchev–Trinajstić information content (AvgIpc) is 2.72. The number of hydrogen-bond donors (Lipinski definition) is 2. The third-order valence-electron chi connectivity index (χ3n) is 3.57. The van der Waals surface area contributed by atoms with Crippen molar-refractivity contribution in [2.75, 3.05) is 9.44 Å². The number of benzene rings is 3. The molecule has 4 nitrogen and oxygen atoms in total. The molecule has 28 heavy (non-hydrogen) atoms. The molecule has 3 aromatic rings. The first-order valence-electron chi connectivity index (χ1n) is 8.07. The molecule has 0 aliphatic rings. The lowest BCUT2D eigenvalue weighted by Crippen LogP contribution is -2.01. The minimum atomic E-state index is -0.152. The summed E-state index contributed by atoms with van der Waals surface area (Å²) in [4.78, 5) is 24.5. The van der Waals surface area contributed by atoms with E-state index in [4.69, 9.17) is 23.2 Å². The highest BCUT2D eigenvalue weighted by Crippen LogP contribution is 2.22. The van der Waals surface area contributed by atoms with E-state index in [0.29, 0.717) is 21.2 Å². The Morgan fingerprint density at radius 3 is 1.21 bits per heavy atom. The first-order chi connectivity index (χ1) is 13.5. The van der Waals surface area contributed by atoms with Crippen molar-refractivity contribution in [1.29, 1.82) is 0 Å². The first kappa shape index (κ1) is 20.6. The number of nitrogens with one attached hydrogen (secondary N) is 2. The molecule has 0 aliphatic carbocycles. The first-order valence-corrected chi connectivity index (χ1v) is 10.5. The number of carbonyl (C=O) groups is 2. The van der Waals surface area contributed by atoms with Crippen molar-refractivity contribution < 1.29 is 9.59 Å². The topological polar surface area (TPSA) is 58.2 Å². The van der Waals surface area contributed by atoms with Gasteiger partial charge in [-0.3, -0.25) is 9.59 Å². The maximum atomic E-state index is 12.3. The zero-order chi connectivity index (χ0) is 19.9. The predicted octanol–water partition coefficient (Wildman–Crippen LogP) is 6.79. The van der Waals surface area contributed by atoms with Gasteiger partial charge in [0.05, 0.1) is 0 Å². The molecule has 3 aromatic carbocycles. The van der Waals surface area contributed by atoms with Gasteiger partial charge in [-0.15, -0.1) is 0 Å². The van der Waals surface area contributed by atoms with Crippen molar-refractivity contribution in [1.82, 2.24) is 0 Å². The van der Waals surface area contributed by atoms with Crippen LogP contribution in [0, 0.1) is 0 Å². The summed E-state index contributed by atoms with van der Waals surface area (Å²) in [7, 11) is 0. The second kappa shape index (κ2) is 9.89. The Kier molecular flexibility index (Phi) is 7.28. The molecule has 2 N–H and O–H groups in total. The van der Waals surface area contributed by atoms with Crippen LogP contribution in [0.4, 0.5) is 11.4 Å². The molecule has 0 saturated heterocycles. The van der Waals surface area contributed by atoms with Crippen molar-refractivity contribution in [2.45, 2.75) is 0 Å². The van der Waals surface area contributed by atoms with E-state index in [1.165, 1.54) is 0 Å². The van der Waals surface area contributed by atoms with E-state index in [1.54, 1.807) is 72.8 Å². The Labute approximate surface area is 181 Å². The number of anilines is 2. The Bertz CT molecular complexity index is 883. The molecule has 142 valence electrons. The largest absolute Gasteiger partial charge is 0.323 e. The molecular weight excluding hydrogens is 435 g/mol. The summed E-state index contributed by atoms with van der Waals surface area (Å²) in [6, 6.07) is 20.6. The molecule has 0 unspecified atom stereocenters. The molecule has 0 radical (unpaired) electrons. The molecule has 3 rings (SSSR count). The van der Waals surface area contributed by atoms with E-state index in [2.05, 4.69) is 9.44 Å². The Morgan fingerprint density at radius 1 is 0.571 bits per heavy atom. The molecule has 0 atom stereocenters. The van der Waals surface area contributed by atoms with E-state index in [0.717, 1.165) is 35.3 Å². The number of carbonyl (C=O) groups excluding carboxylic acids is 2. The van der Waals surface area contributed by atoms with Crippen LogP contribution in [0.25, 0.3) is 0 Å². The minimum Gasteiger partial charge on any atom is -0.323 e. The number of hydrogen-bond acceptors (Lipinski definition) is 6. The summed E-state index contributed by atoms with van der Waals surface area (Å²) in [5.74, 6) is 0. The fraction of sp³-hybridized carbons (Fsp3) is 0. The predicted molar refractivity (Wildman–Crippen MR) is 120 cm³/mol. The third-order valence-corrected chi connectivity index (χ3v) is 5.59. The van der Waals surface area contributed by atoms with Gasteiger partial charge in [0, 0.05) is 56.4 Å². The average molecular weight is 449 g/mol. The lowest BCUT2D eigenvalue weighted by Gasteiger charge is -2.06. The lowest BCUT2D eigenvalue weighted by molar-refractivity contribution is 0.107. The third kappa shape index (κ3) is 5.94. The molecule has 0 amide bonds. The van der Waals surface area contributed by atoms with Crippen molar-refractivity contribution >= 4 is 68.7 Å². The summed E-state index contributed by atoms with van der Waals surface area (Å²) in [5.41, 5.74) is 2.55. The Hall–Kier alpha value is -2.12. The van der Waals surface area contributed by atoms with Crippen LogP contribution in [0.2, 0.25) is 10.0 Å². The zero-order valence-electron chi connectivity index (χ0n) is 14.3. The van der Waals surface area contributed by atoms with Gasteiger partial charge in [0.25, 0.3) is 0 Å².